The third-order valence-corrected chi connectivity index (χ3v) is 5.85. The molecule has 1 fully saturated rings. The zero-order valence-corrected chi connectivity index (χ0v) is 18.1. The van der Waals surface area contributed by atoms with Gasteiger partial charge in [-0.3, -0.25) is 18.9 Å². The van der Waals surface area contributed by atoms with Gasteiger partial charge in [-0.05, 0) is 30.3 Å². The van der Waals surface area contributed by atoms with Gasteiger partial charge in [0.25, 0.3) is 11.5 Å². The number of amides is 1. The average molecular weight is 452 g/mol. The van der Waals surface area contributed by atoms with Gasteiger partial charge >= 0.3 is 0 Å². The number of thioether (sulfide) groups is 1. The van der Waals surface area contributed by atoms with Crippen molar-refractivity contribution in [2.45, 2.75) is 0 Å². The van der Waals surface area contributed by atoms with E-state index in [2.05, 4.69) is 11.6 Å². The SMILES string of the molecule is C=CCN1C(=O)/C(=C/c2c(Oc3ccccc3OC)nc3ccccn3c2=O)SC1=S. The molecule has 1 aromatic carbocycles. The minimum absolute atomic E-state index is 0.0645. The third-order valence-electron chi connectivity index (χ3n) is 4.47. The molecule has 3 heterocycles. The average Bonchev–Trinajstić information content (AvgIpc) is 3.04. The second-order valence-corrected chi connectivity index (χ2v) is 8.07. The molecule has 0 saturated carbocycles. The molecule has 1 aliphatic heterocycles. The highest BCUT2D eigenvalue weighted by atomic mass is 32.2. The van der Waals surface area contributed by atoms with Crippen LogP contribution < -0.4 is 15.0 Å². The lowest BCUT2D eigenvalue weighted by Crippen LogP contribution is -2.28. The minimum atomic E-state index is -0.371. The van der Waals surface area contributed by atoms with Crippen LogP contribution >= 0.6 is 24.0 Å². The number of aromatic nitrogens is 2. The van der Waals surface area contributed by atoms with Crippen molar-refractivity contribution >= 4 is 45.9 Å². The van der Waals surface area contributed by atoms with Gasteiger partial charge in [0.05, 0.1) is 12.0 Å². The number of methoxy groups -OCH3 is 1. The smallest absolute Gasteiger partial charge is 0.269 e. The largest absolute Gasteiger partial charge is 0.493 e. The van der Waals surface area contributed by atoms with E-state index in [1.165, 1.54) is 22.5 Å². The molecule has 0 unspecified atom stereocenters. The number of rotatable bonds is 6. The Morgan fingerprint density at radius 1 is 1.16 bits per heavy atom. The van der Waals surface area contributed by atoms with Crippen molar-refractivity contribution in [3.05, 3.63) is 82.1 Å². The Morgan fingerprint density at radius 2 is 1.90 bits per heavy atom. The standard InChI is InChI=1S/C22H17N3O4S2/c1-3-11-25-21(27)17(31-22(25)30)13-14-19(29-16-9-5-4-8-15(16)28-2)23-18-10-6-7-12-24(18)20(14)26/h3-10,12-13H,1,11H2,2H3/b17-13-. The fourth-order valence-electron chi connectivity index (χ4n) is 3.01. The summed E-state index contributed by atoms with van der Waals surface area (Å²) in [5, 5.41) is 0. The molecule has 31 heavy (non-hydrogen) atoms. The zero-order valence-electron chi connectivity index (χ0n) is 16.5. The normalized spacial score (nSPS) is 15.0. The fraction of sp³-hybridized carbons (Fsp3) is 0.0909. The Morgan fingerprint density at radius 3 is 2.65 bits per heavy atom. The number of ether oxygens (including phenoxy) is 2. The summed E-state index contributed by atoms with van der Waals surface area (Å²) in [6.07, 6.45) is 4.68. The van der Waals surface area contributed by atoms with E-state index in [0.717, 1.165) is 11.8 Å². The molecule has 0 atom stereocenters. The van der Waals surface area contributed by atoms with Gasteiger partial charge in [0.15, 0.2) is 11.5 Å². The number of hydrogen-bond donors (Lipinski definition) is 0. The molecule has 7 nitrogen and oxygen atoms in total. The van der Waals surface area contributed by atoms with E-state index in [1.54, 1.807) is 54.7 Å². The predicted molar refractivity (Wildman–Crippen MR) is 125 cm³/mol. The first kappa shape index (κ1) is 20.8. The van der Waals surface area contributed by atoms with Crippen LogP contribution in [0.1, 0.15) is 5.56 Å². The number of benzene rings is 1. The van der Waals surface area contributed by atoms with E-state index in [-0.39, 0.29) is 22.9 Å². The van der Waals surface area contributed by atoms with E-state index in [4.69, 9.17) is 21.7 Å². The number of thiocarbonyl (C=S) groups is 1. The molecule has 2 aromatic heterocycles. The number of para-hydroxylation sites is 2. The van der Waals surface area contributed by atoms with Crippen LogP contribution in [0.5, 0.6) is 17.4 Å². The molecule has 1 saturated heterocycles. The third kappa shape index (κ3) is 3.97. The number of carbonyl (C=O) groups is 1. The molecule has 0 spiro atoms. The van der Waals surface area contributed by atoms with Gasteiger partial charge in [-0.1, -0.05) is 48.3 Å². The van der Waals surface area contributed by atoms with Gasteiger partial charge in [0.1, 0.15) is 15.5 Å². The van der Waals surface area contributed by atoms with Crippen molar-refractivity contribution in [3.8, 4) is 17.4 Å². The molecule has 0 N–H and O–H groups in total. The van der Waals surface area contributed by atoms with Gasteiger partial charge in [0.2, 0.25) is 5.88 Å². The quantitative estimate of drug-likeness (QED) is 0.320. The molecule has 1 amide bonds. The van der Waals surface area contributed by atoms with E-state index < -0.39 is 0 Å². The van der Waals surface area contributed by atoms with E-state index in [9.17, 15) is 9.59 Å². The predicted octanol–water partition coefficient (Wildman–Crippen LogP) is 3.88. The van der Waals surface area contributed by atoms with Crippen molar-refractivity contribution in [3.63, 3.8) is 0 Å². The highest BCUT2D eigenvalue weighted by Crippen LogP contribution is 2.35. The monoisotopic (exact) mass is 451 g/mol. The van der Waals surface area contributed by atoms with Crippen LogP contribution in [0.4, 0.5) is 0 Å². The Hall–Kier alpha value is -3.43. The van der Waals surface area contributed by atoms with Gasteiger partial charge < -0.3 is 9.47 Å². The Kier molecular flexibility index (Phi) is 5.88. The lowest BCUT2D eigenvalue weighted by Gasteiger charge is -2.12. The molecule has 1 aliphatic rings. The molecule has 0 aliphatic carbocycles. The second kappa shape index (κ2) is 8.75. The van der Waals surface area contributed by atoms with Crippen molar-refractivity contribution < 1.29 is 14.3 Å². The van der Waals surface area contributed by atoms with Gasteiger partial charge in [0, 0.05) is 12.7 Å². The van der Waals surface area contributed by atoms with E-state index in [1.807, 2.05) is 0 Å². The Balaban J connectivity index is 1.87. The lowest BCUT2D eigenvalue weighted by atomic mass is 10.2. The molecule has 156 valence electrons. The number of fused-ring (bicyclic) bond motifs is 1. The zero-order chi connectivity index (χ0) is 22.0. The van der Waals surface area contributed by atoms with Gasteiger partial charge in [-0.2, -0.15) is 4.98 Å². The fourth-order valence-corrected chi connectivity index (χ4v) is 4.27. The van der Waals surface area contributed by atoms with Crippen molar-refractivity contribution in [2.24, 2.45) is 0 Å². The second-order valence-electron chi connectivity index (χ2n) is 6.40. The van der Waals surface area contributed by atoms with Crippen molar-refractivity contribution in [2.75, 3.05) is 13.7 Å². The van der Waals surface area contributed by atoms with Crippen molar-refractivity contribution in [1.29, 1.82) is 0 Å². The maximum Gasteiger partial charge on any atom is 0.269 e. The van der Waals surface area contributed by atoms with E-state index in [0.29, 0.717) is 32.9 Å². The highest BCUT2D eigenvalue weighted by Gasteiger charge is 2.32. The van der Waals surface area contributed by atoms with Crippen LogP contribution in [0, 0.1) is 0 Å². The van der Waals surface area contributed by atoms with Crippen LogP contribution in [0.2, 0.25) is 0 Å². The maximum absolute atomic E-state index is 13.3. The summed E-state index contributed by atoms with van der Waals surface area (Å²) in [4.78, 5) is 32.3. The highest BCUT2D eigenvalue weighted by molar-refractivity contribution is 8.26. The van der Waals surface area contributed by atoms with E-state index >= 15 is 0 Å². The first-order chi connectivity index (χ1) is 15.0. The summed E-state index contributed by atoms with van der Waals surface area (Å²) in [5.74, 6) is 0.650. The summed E-state index contributed by atoms with van der Waals surface area (Å²) in [7, 11) is 1.52. The summed E-state index contributed by atoms with van der Waals surface area (Å²) in [6.45, 7) is 3.94. The molecular formula is C22H17N3O4S2. The molecule has 4 rings (SSSR count). The van der Waals surface area contributed by atoms with Gasteiger partial charge in [-0.15, -0.1) is 6.58 Å². The number of hydrogen-bond acceptors (Lipinski definition) is 7. The van der Waals surface area contributed by atoms with Crippen molar-refractivity contribution in [1.82, 2.24) is 14.3 Å². The van der Waals surface area contributed by atoms with Crippen LogP contribution in [0.25, 0.3) is 11.7 Å². The number of pyridine rings is 1. The summed E-state index contributed by atoms with van der Waals surface area (Å²) in [6, 6.07) is 12.2. The maximum atomic E-state index is 13.3. The number of carbonyl (C=O) groups excluding carboxylic acids is 1. The lowest BCUT2D eigenvalue weighted by molar-refractivity contribution is -0.121. The minimum Gasteiger partial charge on any atom is -0.493 e. The Bertz CT molecular complexity index is 1300. The topological polar surface area (TPSA) is 73.1 Å². The molecule has 0 bridgehead atoms. The van der Waals surface area contributed by atoms with Crippen LogP contribution in [-0.4, -0.2) is 38.2 Å². The van der Waals surface area contributed by atoms with Crippen LogP contribution in [0.3, 0.4) is 0 Å². The Labute approximate surface area is 187 Å². The van der Waals surface area contributed by atoms with Gasteiger partial charge in [-0.25, -0.2) is 0 Å². The summed E-state index contributed by atoms with van der Waals surface area (Å²) >= 11 is 6.41. The first-order valence-corrected chi connectivity index (χ1v) is 10.4. The van der Waals surface area contributed by atoms with Crippen LogP contribution in [-0.2, 0) is 4.79 Å². The molecule has 0 radical (unpaired) electrons. The summed E-state index contributed by atoms with van der Waals surface area (Å²) < 4.78 is 13.1. The summed E-state index contributed by atoms with van der Waals surface area (Å²) in [5.41, 5.74) is 0.173. The molecule has 3 aromatic rings. The number of nitrogens with zero attached hydrogens (tertiary/aromatic N) is 3. The first-order valence-electron chi connectivity index (χ1n) is 9.22. The molecule has 9 heteroatoms. The molecular weight excluding hydrogens is 434 g/mol. The van der Waals surface area contributed by atoms with Crippen LogP contribution in [0.15, 0.2) is 71.0 Å².